The topological polar surface area (TPSA) is 88.1 Å². The van der Waals surface area contributed by atoms with Crippen LogP contribution in [0.3, 0.4) is 0 Å². The summed E-state index contributed by atoms with van der Waals surface area (Å²) in [6.45, 7) is 16.1. The van der Waals surface area contributed by atoms with Gasteiger partial charge in [-0.2, -0.15) is 0 Å². The van der Waals surface area contributed by atoms with Crippen molar-refractivity contribution < 1.29 is 24.2 Å². The van der Waals surface area contributed by atoms with Gasteiger partial charge in [-0.25, -0.2) is 4.79 Å². The molecular weight excluding hydrogens is 384 g/mol. The zero-order chi connectivity index (χ0) is 23.1. The van der Waals surface area contributed by atoms with E-state index >= 15 is 0 Å². The Balaban J connectivity index is 3.02. The van der Waals surface area contributed by atoms with Crippen molar-refractivity contribution in [2.75, 3.05) is 13.2 Å². The molecule has 0 aromatic heterocycles. The van der Waals surface area contributed by atoms with Crippen molar-refractivity contribution in [1.29, 1.82) is 0 Å². The van der Waals surface area contributed by atoms with Gasteiger partial charge >= 0.3 is 6.09 Å². The molecule has 0 radical (unpaired) electrons. The second-order valence-corrected chi connectivity index (χ2v) is 10.2. The maximum atomic E-state index is 13.1. The predicted molar refractivity (Wildman–Crippen MR) is 118 cm³/mol. The number of amides is 2. The van der Waals surface area contributed by atoms with Crippen LogP contribution in [0.1, 0.15) is 87.5 Å². The van der Waals surface area contributed by atoms with E-state index in [0.29, 0.717) is 25.8 Å². The summed E-state index contributed by atoms with van der Waals surface area (Å²) in [5.41, 5.74) is -1.45. The van der Waals surface area contributed by atoms with E-state index in [9.17, 15) is 14.7 Å². The molecule has 1 rings (SSSR count). The normalized spacial score (nSPS) is 23.2. The fraction of sp³-hybridized carbons (Fsp3) is 0.913. The molecule has 7 heteroatoms. The van der Waals surface area contributed by atoms with Crippen LogP contribution in [0.5, 0.6) is 0 Å². The average Bonchev–Trinajstić information content (AvgIpc) is 2.83. The van der Waals surface area contributed by atoms with Crippen LogP contribution in [0.4, 0.5) is 4.79 Å². The SMILES string of the molecule is CCCCNC(=O)[C@H](C)C[C@@H]1OC(C)(C)N(C(=O)OC(C)(C)C)[C@H]1C[C@H](C)CCO. The molecule has 0 aromatic rings. The minimum atomic E-state index is -0.838. The Bertz CT molecular complexity index is 558. The molecule has 0 unspecified atom stereocenters. The van der Waals surface area contributed by atoms with Crippen molar-refractivity contribution in [3.05, 3.63) is 0 Å². The summed E-state index contributed by atoms with van der Waals surface area (Å²) >= 11 is 0. The van der Waals surface area contributed by atoms with Crippen LogP contribution < -0.4 is 5.32 Å². The van der Waals surface area contributed by atoms with Gasteiger partial charge < -0.3 is 19.9 Å². The Kier molecular flexibility index (Phi) is 10.1. The van der Waals surface area contributed by atoms with Gasteiger partial charge in [0.25, 0.3) is 0 Å². The molecule has 1 heterocycles. The molecular formula is C23H44N2O5. The number of rotatable bonds is 10. The van der Waals surface area contributed by atoms with Crippen LogP contribution in [0, 0.1) is 11.8 Å². The number of carbonyl (C=O) groups is 2. The van der Waals surface area contributed by atoms with E-state index in [1.165, 1.54) is 0 Å². The zero-order valence-electron chi connectivity index (χ0n) is 20.3. The van der Waals surface area contributed by atoms with Gasteiger partial charge in [0, 0.05) is 19.1 Å². The number of aliphatic hydroxyl groups excluding tert-OH is 1. The number of hydrogen-bond donors (Lipinski definition) is 2. The molecule has 1 aliphatic heterocycles. The third-order valence-electron chi connectivity index (χ3n) is 5.50. The van der Waals surface area contributed by atoms with Crippen LogP contribution in [0.25, 0.3) is 0 Å². The van der Waals surface area contributed by atoms with E-state index in [1.807, 2.05) is 41.5 Å². The predicted octanol–water partition coefficient (Wildman–Crippen LogP) is 4.08. The van der Waals surface area contributed by atoms with Crippen LogP contribution in [-0.4, -0.2) is 58.6 Å². The van der Waals surface area contributed by atoms with Crippen LogP contribution in [0.2, 0.25) is 0 Å². The maximum Gasteiger partial charge on any atom is 0.412 e. The highest BCUT2D eigenvalue weighted by Gasteiger charge is 2.51. The molecule has 2 N–H and O–H groups in total. The van der Waals surface area contributed by atoms with Gasteiger partial charge in [0.15, 0.2) is 0 Å². The summed E-state index contributed by atoms with van der Waals surface area (Å²) in [5.74, 6) is -0.00162. The lowest BCUT2D eigenvalue weighted by Crippen LogP contribution is -2.50. The number of nitrogens with one attached hydrogen (secondary N) is 1. The molecule has 0 spiro atoms. The van der Waals surface area contributed by atoms with E-state index < -0.39 is 17.4 Å². The quantitative estimate of drug-likeness (QED) is 0.512. The van der Waals surface area contributed by atoms with Gasteiger partial charge in [-0.05, 0) is 66.2 Å². The second-order valence-electron chi connectivity index (χ2n) is 10.2. The van der Waals surface area contributed by atoms with Gasteiger partial charge in [-0.1, -0.05) is 27.2 Å². The number of unbranched alkanes of at least 4 members (excludes halogenated alkanes) is 1. The number of hydrogen-bond acceptors (Lipinski definition) is 5. The molecule has 2 amide bonds. The minimum absolute atomic E-state index is 0.0164. The third-order valence-corrected chi connectivity index (χ3v) is 5.50. The Morgan fingerprint density at radius 1 is 1.23 bits per heavy atom. The smallest absolute Gasteiger partial charge is 0.412 e. The molecule has 0 saturated carbocycles. The second kappa shape index (κ2) is 11.3. The monoisotopic (exact) mass is 428 g/mol. The van der Waals surface area contributed by atoms with Crippen molar-refractivity contribution in [2.24, 2.45) is 11.8 Å². The third kappa shape index (κ3) is 8.06. The van der Waals surface area contributed by atoms with E-state index in [0.717, 1.165) is 12.8 Å². The summed E-state index contributed by atoms with van der Waals surface area (Å²) in [5, 5.41) is 12.3. The first-order chi connectivity index (χ1) is 13.8. The summed E-state index contributed by atoms with van der Waals surface area (Å²) in [6.07, 6.45) is 3.16. The van der Waals surface area contributed by atoms with E-state index in [2.05, 4.69) is 19.2 Å². The summed E-state index contributed by atoms with van der Waals surface area (Å²) in [4.78, 5) is 27.3. The van der Waals surface area contributed by atoms with Crippen molar-refractivity contribution in [1.82, 2.24) is 10.2 Å². The molecule has 0 aliphatic carbocycles. The molecule has 1 aliphatic rings. The van der Waals surface area contributed by atoms with Crippen molar-refractivity contribution in [3.63, 3.8) is 0 Å². The Morgan fingerprint density at radius 3 is 2.40 bits per heavy atom. The molecule has 0 aromatic carbocycles. The Morgan fingerprint density at radius 2 is 1.87 bits per heavy atom. The highest BCUT2D eigenvalue weighted by molar-refractivity contribution is 5.78. The van der Waals surface area contributed by atoms with Gasteiger partial charge in [0.1, 0.15) is 11.3 Å². The summed E-state index contributed by atoms with van der Waals surface area (Å²) in [6, 6.07) is -0.220. The number of carbonyl (C=O) groups excluding carboxylic acids is 2. The number of nitrogens with zero attached hydrogens (tertiary/aromatic N) is 1. The number of aliphatic hydroxyl groups is 1. The average molecular weight is 429 g/mol. The molecule has 7 nitrogen and oxygen atoms in total. The van der Waals surface area contributed by atoms with E-state index in [1.54, 1.807) is 4.90 Å². The van der Waals surface area contributed by atoms with Gasteiger partial charge in [-0.15, -0.1) is 0 Å². The standard InChI is InChI=1S/C23H44N2O5/c1-9-10-12-24-20(27)17(3)15-19-18(14-16(2)11-13-26)25(23(7,8)29-19)21(28)30-22(4,5)6/h16-19,26H,9-15H2,1-8H3,(H,24,27)/t16-,17-,18+,19+/m1/s1. The number of ether oxygens (including phenoxy) is 2. The first kappa shape index (κ1) is 26.7. The van der Waals surface area contributed by atoms with Crippen molar-refractivity contribution >= 4 is 12.0 Å². The van der Waals surface area contributed by atoms with Crippen LogP contribution in [-0.2, 0) is 14.3 Å². The maximum absolute atomic E-state index is 13.1. The minimum Gasteiger partial charge on any atom is -0.444 e. The lowest BCUT2D eigenvalue weighted by atomic mass is 9.90. The molecule has 176 valence electrons. The molecule has 0 bridgehead atoms. The molecule has 4 atom stereocenters. The van der Waals surface area contributed by atoms with Gasteiger partial charge in [-0.3, -0.25) is 9.69 Å². The van der Waals surface area contributed by atoms with Crippen LogP contribution in [0.15, 0.2) is 0 Å². The summed E-state index contributed by atoms with van der Waals surface area (Å²) in [7, 11) is 0. The van der Waals surface area contributed by atoms with Crippen molar-refractivity contribution in [2.45, 2.75) is 111 Å². The van der Waals surface area contributed by atoms with E-state index in [-0.39, 0.29) is 36.5 Å². The first-order valence-corrected chi connectivity index (χ1v) is 11.4. The highest BCUT2D eigenvalue weighted by Crippen LogP contribution is 2.39. The first-order valence-electron chi connectivity index (χ1n) is 11.4. The summed E-state index contributed by atoms with van der Waals surface area (Å²) < 4.78 is 12.0. The largest absolute Gasteiger partial charge is 0.444 e. The molecule has 30 heavy (non-hydrogen) atoms. The Hall–Kier alpha value is -1.34. The highest BCUT2D eigenvalue weighted by atomic mass is 16.6. The molecule has 1 fully saturated rings. The van der Waals surface area contributed by atoms with Crippen LogP contribution >= 0.6 is 0 Å². The lowest BCUT2D eigenvalue weighted by molar-refractivity contribution is -0.126. The van der Waals surface area contributed by atoms with E-state index in [4.69, 9.17) is 9.47 Å². The van der Waals surface area contributed by atoms with Crippen molar-refractivity contribution in [3.8, 4) is 0 Å². The lowest BCUT2D eigenvalue weighted by Gasteiger charge is -2.36. The zero-order valence-corrected chi connectivity index (χ0v) is 20.3. The fourth-order valence-corrected chi connectivity index (χ4v) is 3.97. The Labute approximate surface area is 182 Å². The molecule has 1 saturated heterocycles. The van der Waals surface area contributed by atoms with Gasteiger partial charge in [0.05, 0.1) is 12.1 Å². The van der Waals surface area contributed by atoms with Gasteiger partial charge in [0.2, 0.25) is 5.91 Å². The fourth-order valence-electron chi connectivity index (χ4n) is 3.97.